The Kier molecular flexibility index (Phi) is 4.15. The molecule has 1 aromatic carbocycles. The first-order chi connectivity index (χ1) is 8.24. The van der Waals surface area contributed by atoms with E-state index in [0.29, 0.717) is 12.0 Å². The van der Waals surface area contributed by atoms with E-state index in [2.05, 4.69) is 36.5 Å². The van der Waals surface area contributed by atoms with Gasteiger partial charge in [0.1, 0.15) is 0 Å². The SMILES string of the molecule is Cc1ccccc1C1CC(NC(CO)CO)C1. The quantitative estimate of drug-likeness (QED) is 0.718. The molecule has 3 nitrogen and oxygen atoms in total. The van der Waals surface area contributed by atoms with Crippen LogP contribution in [0.2, 0.25) is 0 Å². The van der Waals surface area contributed by atoms with Gasteiger partial charge >= 0.3 is 0 Å². The molecular formula is C14H21NO2. The van der Waals surface area contributed by atoms with E-state index < -0.39 is 0 Å². The molecule has 0 radical (unpaired) electrons. The highest BCUT2D eigenvalue weighted by Crippen LogP contribution is 2.38. The zero-order valence-electron chi connectivity index (χ0n) is 10.3. The van der Waals surface area contributed by atoms with Gasteiger partial charge in [0.05, 0.1) is 19.3 Å². The van der Waals surface area contributed by atoms with Gasteiger partial charge in [0, 0.05) is 6.04 Å². The van der Waals surface area contributed by atoms with Crippen LogP contribution in [0, 0.1) is 6.92 Å². The number of aryl methyl sites for hydroxylation is 1. The molecule has 0 spiro atoms. The lowest BCUT2D eigenvalue weighted by Crippen LogP contribution is -2.48. The van der Waals surface area contributed by atoms with Crippen LogP contribution in [0.5, 0.6) is 0 Å². The summed E-state index contributed by atoms with van der Waals surface area (Å²) in [5.74, 6) is 0.631. The van der Waals surface area contributed by atoms with Crippen molar-refractivity contribution in [3.63, 3.8) is 0 Å². The summed E-state index contributed by atoms with van der Waals surface area (Å²) >= 11 is 0. The lowest BCUT2D eigenvalue weighted by molar-refractivity contribution is 0.142. The topological polar surface area (TPSA) is 52.5 Å². The van der Waals surface area contributed by atoms with Crippen molar-refractivity contribution in [1.29, 1.82) is 0 Å². The highest BCUT2D eigenvalue weighted by Gasteiger charge is 2.31. The van der Waals surface area contributed by atoms with E-state index in [-0.39, 0.29) is 19.3 Å². The Morgan fingerprint density at radius 1 is 1.24 bits per heavy atom. The van der Waals surface area contributed by atoms with Crippen LogP contribution in [0.3, 0.4) is 0 Å². The number of rotatable bonds is 5. The first kappa shape index (κ1) is 12.6. The molecule has 0 aromatic heterocycles. The van der Waals surface area contributed by atoms with Crippen LogP contribution in [-0.4, -0.2) is 35.5 Å². The minimum absolute atomic E-state index is 0.00202. The summed E-state index contributed by atoms with van der Waals surface area (Å²) in [7, 11) is 0. The van der Waals surface area contributed by atoms with Gasteiger partial charge in [-0.05, 0) is 36.8 Å². The molecule has 94 valence electrons. The van der Waals surface area contributed by atoms with Crippen molar-refractivity contribution >= 4 is 0 Å². The smallest absolute Gasteiger partial charge is 0.0607 e. The second kappa shape index (κ2) is 5.63. The van der Waals surface area contributed by atoms with Crippen LogP contribution < -0.4 is 5.32 Å². The van der Waals surface area contributed by atoms with Gasteiger partial charge in [0.25, 0.3) is 0 Å². The minimum Gasteiger partial charge on any atom is -0.395 e. The summed E-state index contributed by atoms with van der Waals surface area (Å²) in [6.45, 7) is 2.16. The van der Waals surface area contributed by atoms with Crippen molar-refractivity contribution in [3.05, 3.63) is 35.4 Å². The maximum absolute atomic E-state index is 9.00. The van der Waals surface area contributed by atoms with E-state index in [1.807, 2.05) is 0 Å². The lowest BCUT2D eigenvalue weighted by atomic mass is 9.74. The highest BCUT2D eigenvalue weighted by atomic mass is 16.3. The number of hydrogen-bond donors (Lipinski definition) is 3. The second-order valence-electron chi connectivity index (χ2n) is 4.95. The molecule has 17 heavy (non-hydrogen) atoms. The number of hydrogen-bond acceptors (Lipinski definition) is 3. The van der Waals surface area contributed by atoms with Crippen molar-refractivity contribution in [1.82, 2.24) is 5.32 Å². The zero-order valence-corrected chi connectivity index (χ0v) is 10.3. The molecule has 0 bridgehead atoms. The van der Waals surface area contributed by atoms with Gasteiger partial charge in [0.15, 0.2) is 0 Å². The van der Waals surface area contributed by atoms with Gasteiger partial charge in [-0.3, -0.25) is 0 Å². The van der Waals surface area contributed by atoms with Gasteiger partial charge in [-0.1, -0.05) is 24.3 Å². The number of aliphatic hydroxyl groups is 2. The lowest BCUT2D eigenvalue weighted by Gasteiger charge is -2.38. The summed E-state index contributed by atoms with van der Waals surface area (Å²) < 4.78 is 0. The molecule has 1 aliphatic carbocycles. The van der Waals surface area contributed by atoms with E-state index >= 15 is 0 Å². The Morgan fingerprint density at radius 2 is 1.88 bits per heavy atom. The average Bonchev–Trinajstić information content (AvgIpc) is 2.30. The summed E-state index contributed by atoms with van der Waals surface area (Å²) in [6, 6.07) is 8.78. The number of aliphatic hydroxyl groups excluding tert-OH is 2. The van der Waals surface area contributed by atoms with E-state index in [1.54, 1.807) is 0 Å². The second-order valence-corrected chi connectivity index (χ2v) is 4.95. The Balaban J connectivity index is 1.85. The molecule has 1 saturated carbocycles. The molecule has 0 aliphatic heterocycles. The molecular weight excluding hydrogens is 214 g/mol. The standard InChI is InChI=1S/C14H21NO2/c1-10-4-2-3-5-14(10)11-6-12(7-11)15-13(8-16)9-17/h2-5,11-13,15-17H,6-9H2,1H3. The van der Waals surface area contributed by atoms with E-state index in [9.17, 15) is 0 Å². The number of nitrogens with one attached hydrogen (secondary N) is 1. The van der Waals surface area contributed by atoms with Crippen molar-refractivity contribution in [2.45, 2.75) is 37.8 Å². The minimum atomic E-state index is -0.169. The average molecular weight is 235 g/mol. The van der Waals surface area contributed by atoms with Crippen LogP contribution >= 0.6 is 0 Å². The molecule has 2 rings (SSSR count). The normalized spacial score (nSPS) is 23.8. The van der Waals surface area contributed by atoms with Crippen LogP contribution in [0.25, 0.3) is 0 Å². The fourth-order valence-electron chi connectivity index (χ4n) is 2.55. The van der Waals surface area contributed by atoms with Crippen molar-refractivity contribution in [2.75, 3.05) is 13.2 Å². The van der Waals surface area contributed by atoms with E-state index in [1.165, 1.54) is 11.1 Å². The zero-order chi connectivity index (χ0) is 12.3. The molecule has 1 fully saturated rings. The maximum Gasteiger partial charge on any atom is 0.0607 e. The van der Waals surface area contributed by atoms with Crippen LogP contribution in [0.1, 0.15) is 29.9 Å². The van der Waals surface area contributed by atoms with Crippen LogP contribution in [-0.2, 0) is 0 Å². The Labute approximate surface area is 102 Å². The predicted octanol–water partition coefficient (Wildman–Crippen LogP) is 1.18. The highest BCUT2D eigenvalue weighted by molar-refractivity contribution is 5.31. The molecule has 0 heterocycles. The monoisotopic (exact) mass is 235 g/mol. The molecule has 3 heteroatoms. The van der Waals surface area contributed by atoms with Crippen LogP contribution in [0.4, 0.5) is 0 Å². The predicted molar refractivity (Wildman–Crippen MR) is 68.0 cm³/mol. The molecule has 0 unspecified atom stereocenters. The molecule has 0 amide bonds. The van der Waals surface area contributed by atoms with Gasteiger partial charge in [0.2, 0.25) is 0 Å². The van der Waals surface area contributed by atoms with Crippen molar-refractivity contribution < 1.29 is 10.2 Å². The summed E-state index contributed by atoms with van der Waals surface area (Å²) in [4.78, 5) is 0. The third-order valence-corrected chi connectivity index (χ3v) is 3.68. The Hall–Kier alpha value is -0.900. The van der Waals surface area contributed by atoms with E-state index in [0.717, 1.165) is 12.8 Å². The molecule has 1 aliphatic rings. The fourth-order valence-corrected chi connectivity index (χ4v) is 2.55. The molecule has 0 saturated heterocycles. The van der Waals surface area contributed by atoms with Gasteiger partial charge in [-0.2, -0.15) is 0 Å². The molecule has 0 atom stereocenters. The van der Waals surface area contributed by atoms with Gasteiger partial charge in [-0.25, -0.2) is 0 Å². The van der Waals surface area contributed by atoms with Crippen molar-refractivity contribution in [2.24, 2.45) is 0 Å². The first-order valence-corrected chi connectivity index (χ1v) is 6.28. The van der Waals surface area contributed by atoms with E-state index in [4.69, 9.17) is 10.2 Å². The number of benzene rings is 1. The fraction of sp³-hybridized carbons (Fsp3) is 0.571. The Bertz CT molecular complexity index is 357. The van der Waals surface area contributed by atoms with Crippen LogP contribution in [0.15, 0.2) is 24.3 Å². The maximum atomic E-state index is 9.00. The van der Waals surface area contributed by atoms with Gasteiger partial charge < -0.3 is 15.5 Å². The summed E-state index contributed by atoms with van der Waals surface area (Å²) in [5.41, 5.74) is 2.80. The van der Waals surface area contributed by atoms with Crippen molar-refractivity contribution in [3.8, 4) is 0 Å². The Morgan fingerprint density at radius 3 is 2.47 bits per heavy atom. The summed E-state index contributed by atoms with van der Waals surface area (Å²) in [6.07, 6.45) is 2.20. The molecule has 1 aromatic rings. The summed E-state index contributed by atoms with van der Waals surface area (Å²) in [5, 5.41) is 21.3. The largest absolute Gasteiger partial charge is 0.395 e. The first-order valence-electron chi connectivity index (χ1n) is 6.28. The third kappa shape index (κ3) is 2.86. The third-order valence-electron chi connectivity index (χ3n) is 3.68. The molecule has 3 N–H and O–H groups in total. The van der Waals surface area contributed by atoms with Gasteiger partial charge in [-0.15, -0.1) is 0 Å².